The Hall–Kier alpha value is -0.640. The number of carbonyl (C=O) groups excluding carboxylic acids is 1. The SMILES string of the molecule is COC(=O)OC1C=C[CH]S1. The predicted octanol–water partition coefficient (Wildman–Crippen LogP) is 1.56. The van der Waals surface area contributed by atoms with E-state index in [2.05, 4.69) is 4.74 Å². The fraction of sp³-hybridized carbons (Fsp3) is 0.333. The van der Waals surface area contributed by atoms with E-state index in [0.29, 0.717) is 0 Å². The summed E-state index contributed by atoms with van der Waals surface area (Å²) in [6.45, 7) is 0. The Labute approximate surface area is 63.4 Å². The van der Waals surface area contributed by atoms with Gasteiger partial charge in [-0.25, -0.2) is 4.79 Å². The lowest BCUT2D eigenvalue weighted by atomic mass is 10.6. The Bertz CT molecular complexity index is 155. The molecule has 10 heavy (non-hydrogen) atoms. The molecule has 3 nitrogen and oxygen atoms in total. The number of hydrogen-bond acceptors (Lipinski definition) is 4. The van der Waals surface area contributed by atoms with Crippen molar-refractivity contribution in [1.29, 1.82) is 0 Å². The van der Waals surface area contributed by atoms with Crippen molar-refractivity contribution in [2.24, 2.45) is 0 Å². The topological polar surface area (TPSA) is 35.5 Å². The van der Waals surface area contributed by atoms with E-state index in [1.807, 2.05) is 11.8 Å². The van der Waals surface area contributed by atoms with Gasteiger partial charge in [-0.15, -0.1) is 11.8 Å². The van der Waals surface area contributed by atoms with E-state index >= 15 is 0 Å². The Balaban J connectivity index is 2.24. The van der Waals surface area contributed by atoms with Gasteiger partial charge in [-0.1, -0.05) is 6.08 Å². The van der Waals surface area contributed by atoms with Crippen LogP contribution in [-0.2, 0) is 9.47 Å². The Morgan fingerprint density at radius 2 is 2.50 bits per heavy atom. The molecule has 1 radical (unpaired) electrons. The average Bonchev–Trinajstić information content (AvgIpc) is 2.40. The first-order valence-electron chi connectivity index (χ1n) is 2.73. The molecule has 0 N–H and O–H groups in total. The van der Waals surface area contributed by atoms with E-state index in [1.54, 1.807) is 6.08 Å². The first kappa shape index (κ1) is 7.47. The Morgan fingerprint density at radius 1 is 1.70 bits per heavy atom. The van der Waals surface area contributed by atoms with Gasteiger partial charge in [0.25, 0.3) is 0 Å². The molecule has 0 spiro atoms. The van der Waals surface area contributed by atoms with E-state index in [-0.39, 0.29) is 5.44 Å². The number of hydrogen-bond donors (Lipinski definition) is 0. The van der Waals surface area contributed by atoms with E-state index < -0.39 is 6.16 Å². The molecule has 0 aromatic carbocycles. The van der Waals surface area contributed by atoms with Crippen LogP contribution in [0, 0.1) is 5.75 Å². The first-order valence-corrected chi connectivity index (χ1v) is 3.67. The van der Waals surface area contributed by atoms with Crippen molar-refractivity contribution in [1.82, 2.24) is 0 Å². The van der Waals surface area contributed by atoms with Gasteiger partial charge in [-0.2, -0.15) is 0 Å². The van der Waals surface area contributed by atoms with Gasteiger partial charge >= 0.3 is 6.16 Å². The van der Waals surface area contributed by atoms with Crippen molar-refractivity contribution < 1.29 is 14.3 Å². The van der Waals surface area contributed by atoms with Crippen LogP contribution in [0.2, 0.25) is 0 Å². The summed E-state index contributed by atoms with van der Waals surface area (Å²) in [5.41, 5.74) is -0.201. The van der Waals surface area contributed by atoms with Gasteiger partial charge in [-0.3, -0.25) is 0 Å². The zero-order valence-electron chi connectivity index (χ0n) is 5.44. The second-order valence-electron chi connectivity index (χ2n) is 1.60. The zero-order chi connectivity index (χ0) is 7.40. The minimum Gasteiger partial charge on any atom is -0.438 e. The maximum Gasteiger partial charge on any atom is 0.509 e. The number of thioether (sulfide) groups is 1. The van der Waals surface area contributed by atoms with Crippen LogP contribution in [0.3, 0.4) is 0 Å². The van der Waals surface area contributed by atoms with Crippen LogP contribution in [0.1, 0.15) is 0 Å². The van der Waals surface area contributed by atoms with Gasteiger partial charge in [0.15, 0.2) is 5.44 Å². The fourth-order valence-corrected chi connectivity index (χ4v) is 1.17. The highest BCUT2D eigenvalue weighted by Gasteiger charge is 2.14. The van der Waals surface area contributed by atoms with Crippen molar-refractivity contribution in [3.8, 4) is 0 Å². The summed E-state index contributed by atoms with van der Waals surface area (Å²) in [5, 5.41) is 0. The normalized spacial score (nSPS) is 22.7. The van der Waals surface area contributed by atoms with E-state index in [1.165, 1.54) is 18.9 Å². The highest BCUT2D eigenvalue weighted by Crippen LogP contribution is 2.24. The van der Waals surface area contributed by atoms with Crippen LogP contribution in [0.5, 0.6) is 0 Å². The predicted molar refractivity (Wildman–Crippen MR) is 38.3 cm³/mol. The van der Waals surface area contributed by atoms with Gasteiger partial charge in [0.1, 0.15) is 0 Å². The molecule has 0 saturated carbocycles. The fourth-order valence-electron chi connectivity index (χ4n) is 0.514. The molecule has 0 bridgehead atoms. The van der Waals surface area contributed by atoms with Gasteiger partial charge in [-0.05, 0) is 6.08 Å². The van der Waals surface area contributed by atoms with E-state index in [0.717, 1.165) is 0 Å². The standard InChI is InChI=1S/C6H7O3S/c1-8-6(7)9-5-3-2-4-10-5/h2-5H,1H3. The van der Waals surface area contributed by atoms with Crippen LogP contribution in [0.15, 0.2) is 12.2 Å². The first-order chi connectivity index (χ1) is 4.83. The summed E-state index contributed by atoms with van der Waals surface area (Å²) in [6.07, 6.45) is 2.97. The lowest BCUT2D eigenvalue weighted by molar-refractivity contribution is 0.0747. The minimum absolute atomic E-state index is 0.201. The largest absolute Gasteiger partial charge is 0.509 e. The Morgan fingerprint density at radius 3 is 3.00 bits per heavy atom. The molecule has 1 aliphatic heterocycles. The summed E-state index contributed by atoms with van der Waals surface area (Å²) < 4.78 is 9.03. The molecule has 1 unspecified atom stereocenters. The molecular weight excluding hydrogens is 152 g/mol. The molecule has 0 amide bonds. The van der Waals surface area contributed by atoms with Crippen molar-refractivity contribution >= 4 is 17.9 Å². The average molecular weight is 159 g/mol. The maximum atomic E-state index is 10.5. The molecule has 1 rings (SSSR count). The van der Waals surface area contributed by atoms with Crippen LogP contribution in [-0.4, -0.2) is 18.7 Å². The maximum absolute atomic E-state index is 10.5. The third-order valence-electron chi connectivity index (χ3n) is 0.939. The number of methoxy groups -OCH3 is 1. The molecular formula is C6H7O3S. The minimum atomic E-state index is -0.641. The van der Waals surface area contributed by atoms with Crippen LogP contribution < -0.4 is 0 Å². The lowest BCUT2D eigenvalue weighted by Gasteiger charge is -2.06. The van der Waals surface area contributed by atoms with Crippen LogP contribution in [0.4, 0.5) is 4.79 Å². The van der Waals surface area contributed by atoms with Crippen molar-refractivity contribution in [2.45, 2.75) is 5.44 Å². The molecule has 55 valence electrons. The monoisotopic (exact) mass is 159 g/mol. The van der Waals surface area contributed by atoms with Crippen LogP contribution in [0.25, 0.3) is 0 Å². The summed E-state index contributed by atoms with van der Waals surface area (Å²) in [5.74, 6) is 1.85. The lowest BCUT2D eigenvalue weighted by Crippen LogP contribution is -2.10. The van der Waals surface area contributed by atoms with Gasteiger partial charge in [0, 0.05) is 5.75 Å². The molecule has 0 saturated heterocycles. The quantitative estimate of drug-likeness (QED) is 0.544. The second-order valence-corrected chi connectivity index (χ2v) is 2.61. The van der Waals surface area contributed by atoms with Gasteiger partial charge in [0.05, 0.1) is 7.11 Å². The molecule has 0 aromatic heterocycles. The Kier molecular flexibility index (Phi) is 2.62. The molecule has 1 heterocycles. The molecule has 0 aliphatic carbocycles. The van der Waals surface area contributed by atoms with Crippen LogP contribution >= 0.6 is 11.8 Å². The van der Waals surface area contributed by atoms with E-state index in [4.69, 9.17) is 4.74 Å². The molecule has 4 heteroatoms. The highest BCUT2D eigenvalue weighted by atomic mass is 32.2. The number of carbonyl (C=O) groups is 1. The highest BCUT2D eigenvalue weighted by molar-refractivity contribution is 8.02. The summed E-state index contributed by atoms with van der Waals surface area (Å²) in [4.78, 5) is 10.5. The smallest absolute Gasteiger partial charge is 0.438 e. The number of rotatable bonds is 1. The summed E-state index contributed by atoms with van der Waals surface area (Å²) in [7, 11) is 1.29. The zero-order valence-corrected chi connectivity index (χ0v) is 6.26. The van der Waals surface area contributed by atoms with Crippen molar-refractivity contribution in [3.05, 3.63) is 17.9 Å². The second kappa shape index (κ2) is 3.51. The third-order valence-corrected chi connectivity index (χ3v) is 1.77. The van der Waals surface area contributed by atoms with Gasteiger partial charge in [0.2, 0.25) is 0 Å². The molecule has 1 atom stereocenters. The summed E-state index contributed by atoms with van der Waals surface area (Å²) in [6, 6.07) is 0. The molecule has 1 aliphatic rings. The number of ether oxygens (including phenoxy) is 2. The van der Waals surface area contributed by atoms with E-state index in [9.17, 15) is 4.79 Å². The third kappa shape index (κ3) is 1.95. The van der Waals surface area contributed by atoms with Crippen molar-refractivity contribution in [3.63, 3.8) is 0 Å². The molecule has 0 fully saturated rings. The molecule has 0 aromatic rings. The van der Waals surface area contributed by atoms with Crippen molar-refractivity contribution in [2.75, 3.05) is 7.11 Å². The van der Waals surface area contributed by atoms with Gasteiger partial charge < -0.3 is 9.47 Å². The summed E-state index contributed by atoms with van der Waals surface area (Å²) >= 11 is 1.43.